The molecule has 0 saturated heterocycles. The number of hydrogen-bond acceptors (Lipinski definition) is 2. The third-order valence-corrected chi connectivity index (χ3v) is 4.74. The number of aryl methyl sites for hydroxylation is 1. The Morgan fingerprint density at radius 2 is 2.00 bits per heavy atom. The van der Waals surface area contributed by atoms with Crippen LogP contribution in [0.2, 0.25) is 0 Å². The summed E-state index contributed by atoms with van der Waals surface area (Å²) in [7, 11) is 0. The number of nitrogens with one attached hydrogen (secondary N) is 1. The van der Waals surface area contributed by atoms with Crippen molar-refractivity contribution in [2.45, 2.75) is 44.8 Å². The number of aromatic nitrogens is 2. The molecule has 0 aliphatic carbocycles. The van der Waals surface area contributed by atoms with Crippen LogP contribution in [0.15, 0.2) is 41.5 Å². The first-order valence-electron chi connectivity index (χ1n) is 8.07. The lowest BCUT2D eigenvalue weighted by molar-refractivity contribution is -0.137. The maximum atomic E-state index is 12.9. The summed E-state index contributed by atoms with van der Waals surface area (Å²) in [5.74, 6) is -0.0583. The molecule has 4 nitrogen and oxygen atoms in total. The number of H-pyrrole nitrogens is 1. The molecule has 1 aromatic carbocycles. The number of benzene rings is 1. The van der Waals surface area contributed by atoms with Gasteiger partial charge in [0.2, 0.25) is 0 Å². The van der Waals surface area contributed by atoms with Gasteiger partial charge in [-0.1, -0.05) is 32.0 Å². The van der Waals surface area contributed by atoms with E-state index in [2.05, 4.69) is 4.98 Å². The van der Waals surface area contributed by atoms with Gasteiger partial charge in [0.1, 0.15) is 6.29 Å². The Labute approximate surface area is 143 Å². The van der Waals surface area contributed by atoms with Crippen molar-refractivity contribution in [2.24, 2.45) is 5.92 Å². The van der Waals surface area contributed by atoms with Crippen LogP contribution in [0.25, 0.3) is 0 Å². The largest absolute Gasteiger partial charge is 0.416 e. The van der Waals surface area contributed by atoms with Gasteiger partial charge in [0.05, 0.1) is 11.1 Å². The molecule has 1 heterocycles. The second-order valence-electron chi connectivity index (χ2n) is 6.46. The standard InChI is InChI=1S/C18H21F3N2O2/c1-13(2)17(8-11-24,23-10-9-22-16(23)25)7-6-14-4-3-5-15(12-14)18(19,20)21/h3-5,9-13H,6-8H2,1-2H3,(H,22,25). The number of carbonyl (C=O) groups is 1. The average Bonchev–Trinajstić information content (AvgIpc) is 2.97. The highest BCUT2D eigenvalue weighted by Gasteiger charge is 2.36. The average molecular weight is 354 g/mol. The number of halogens is 3. The molecule has 0 bridgehead atoms. The predicted octanol–water partition coefficient (Wildman–Crippen LogP) is 3.77. The molecule has 25 heavy (non-hydrogen) atoms. The predicted molar refractivity (Wildman–Crippen MR) is 88.3 cm³/mol. The minimum Gasteiger partial charge on any atom is -0.313 e. The number of aromatic amines is 1. The smallest absolute Gasteiger partial charge is 0.313 e. The van der Waals surface area contributed by atoms with Crippen molar-refractivity contribution in [3.63, 3.8) is 0 Å². The van der Waals surface area contributed by atoms with E-state index in [4.69, 9.17) is 0 Å². The quantitative estimate of drug-likeness (QED) is 0.770. The minimum atomic E-state index is -4.40. The van der Waals surface area contributed by atoms with Crippen LogP contribution >= 0.6 is 0 Å². The van der Waals surface area contributed by atoms with Crippen LogP contribution in [0.4, 0.5) is 13.2 Å². The lowest BCUT2D eigenvalue weighted by Gasteiger charge is -2.37. The monoisotopic (exact) mass is 354 g/mol. The molecule has 1 unspecified atom stereocenters. The van der Waals surface area contributed by atoms with Crippen LogP contribution < -0.4 is 5.69 Å². The molecule has 136 valence electrons. The fourth-order valence-corrected chi connectivity index (χ4v) is 3.20. The first-order chi connectivity index (χ1) is 11.7. The second kappa shape index (κ2) is 7.29. The molecule has 0 radical (unpaired) electrons. The molecule has 0 fully saturated rings. The van der Waals surface area contributed by atoms with Crippen molar-refractivity contribution >= 4 is 6.29 Å². The Kier molecular flexibility index (Phi) is 5.55. The van der Waals surface area contributed by atoms with Crippen molar-refractivity contribution < 1.29 is 18.0 Å². The molecule has 0 saturated carbocycles. The maximum absolute atomic E-state index is 12.9. The van der Waals surface area contributed by atoms with E-state index in [-0.39, 0.29) is 18.0 Å². The highest BCUT2D eigenvalue weighted by atomic mass is 19.4. The van der Waals surface area contributed by atoms with Gasteiger partial charge >= 0.3 is 11.9 Å². The van der Waals surface area contributed by atoms with Crippen molar-refractivity contribution in [1.29, 1.82) is 0 Å². The Balaban J connectivity index is 2.34. The number of rotatable bonds is 7. The summed E-state index contributed by atoms with van der Waals surface area (Å²) < 4.78 is 40.1. The van der Waals surface area contributed by atoms with Gasteiger partial charge in [-0.15, -0.1) is 0 Å². The number of hydrogen-bond donors (Lipinski definition) is 1. The van der Waals surface area contributed by atoms with Crippen LogP contribution in [-0.4, -0.2) is 15.8 Å². The van der Waals surface area contributed by atoms with E-state index >= 15 is 0 Å². The van der Waals surface area contributed by atoms with Gasteiger partial charge in [-0.25, -0.2) is 4.79 Å². The van der Waals surface area contributed by atoms with Gasteiger partial charge in [0, 0.05) is 18.8 Å². The van der Waals surface area contributed by atoms with Crippen molar-refractivity contribution in [1.82, 2.24) is 9.55 Å². The van der Waals surface area contributed by atoms with Crippen LogP contribution in [0.1, 0.15) is 37.8 Å². The van der Waals surface area contributed by atoms with E-state index in [1.54, 1.807) is 12.3 Å². The minimum absolute atomic E-state index is 0.0583. The third-order valence-electron chi connectivity index (χ3n) is 4.74. The van der Waals surface area contributed by atoms with E-state index in [0.717, 1.165) is 18.4 Å². The molecule has 2 aromatic rings. The van der Waals surface area contributed by atoms with Gasteiger partial charge in [-0.3, -0.25) is 4.57 Å². The number of nitrogens with zero attached hydrogens (tertiary/aromatic N) is 1. The number of aldehydes is 1. The zero-order valence-electron chi connectivity index (χ0n) is 14.1. The van der Waals surface area contributed by atoms with Crippen molar-refractivity contribution in [3.8, 4) is 0 Å². The first-order valence-corrected chi connectivity index (χ1v) is 8.07. The van der Waals surface area contributed by atoms with Gasteiger partial charge in [0.15, 0.2) is 0 Å². The number of alkyl halides is 3. The van der Waals surface area contributed by atoms with Crippen LogP contribution in [0.5, 0.6) is 0 Å². The number of imidazole rings is 1. The molecule has 0 aliphatic rings. The van der Waals surface area contributed by atoms with E-state index in [9.17, 15) is 22.8 Å². The van der Waals surface area contributed by atoms with Gasteiger partial charge in [-0.2, -0.15) is 13.2 Å². The molecular formula is C18H21F3N2O2. The van der Waals surface area contributed by atoms with Gasteiger partial charge in [0.25, 0.3) is 0 Å². The zero-order valence-corrected chi connectivity index (χ0v) is 14.1. The normalized spacial score (nSPS) is 14.5. The zero-order chi connectivity index (χ0) is 18.7. The Morgan fingerprint density at radius 3 is 2.52 bits per heavy atom. The highest BCUT2D eigenvalue weighted by molar-refractivity contribution is 5.51. The SMILES string of the molecule is CC(C)C(CC=O)(CCc1cccc(C(F)(F)F)c1)n1cc[nH]c1=O. The van der Waals surface area contributed by atoms with Crippen LogP contribution in [0.3, 0.4) is 0 Å². The summed E-state index contributed by atoms with van der Waals surface area (Å²) in [5.41, 5.74) is -1.30. The van der Waals surface area contributed by atoms with E-state index in [1.165, 1.54) is 16.8 Å². The number of carbonyl (C=O) groups excluding carboxylic acids is 1. The van der Waals surface area contributed by atoms with E-state index < -0.39 is 17.3 Å². The van der Waals surface area contributed by atoms with Gasteiger partial charge < -0.3 is 9.78 Å². The van der Waals surface area contributed by atoms with Crippen LogP contribution in [0, 0.1) is 5.92 Å². The van der Waals surface area contributed by atoms with Crippen LogP contribution in [-0.2, 0) is 22.9 Å². The van der Waals surface area contributed by atoms with Crippen molar-refractivity contribution in [2.75, 3.05) is 0 Å². The molecule has 1 N–H and O–H groups in total. The molecule has 0 amide bonds. The molecule has 1 aromatic heterocycles. The fourth-order valence-electron chi connectivity index (χ4n) is 3.20. The lowest BCUT2D eigenvalue weighted by atomic mass is 9.78. The Morgan fingerprint density at radius 1 is 1.28 bits per heavy atom. The summed E-state index contributed by atoms with van der Waals surface area (Å²) in [6.07, 6.45) is 0.251. The Hall–Kier alpha value is -2.31. The molecule has 7 heteroatoms. The summed E-state index contributed by atoms with van der Waals surface area (Å²) in [6, 6.07) is 5.14. The topological polar surface area (TPSA) is 54.9 Å². The lowest BCUT2D eigenvalue weighted by Crippen LogP contribution is -2.44. The Bertz CT molecular complexity index is 777. The third kappa shape index (κ3) is 4.03. The maximum Gasteiger partial charge on any atom is 0.416 e. The second-order valence-corrected chi connectivity index (χ2v) is 6.46. The van der Waals surface area contributed by atoms with Crippen molar-refractivity contribution in [3.05, 3.63) is 58.3 Å². The summed E-state index contributed by atoms with van der Waals surface area (Å²) in [5, 5.41) is 0. The highest BCUT2D eigenvalue weighted by Crippen LogP contribution is 2.34. The summed E-state index contributed by atoms with van der Waals surface area (Å²) >= 11 is 0. The molecule has 1 atom stereocenters. The van der Waals surface area contributed by atoms with Gasteiger partial charge in [-0.05, 0) is 30.4 Å². The summed E-state index contributed by atoms with van der Waals surface area (Å²) in [4.78, 5) is 25.9. The molecular weight excluding hydrogens is 333 g/mol. The first kappa shape index (κ1) is 19.0. The molecule has 2 rings (SSSR count). The molecule has 0 spiro atoms. The summed E-state index contributed by atoms with van der Waals surface area (Å²) in [6.45, 7) is 3.80. The fraction of sp³-hybridized carbons (Fsp3) is 0.444. The molecule has 0 aliphatic heterocycles. The van der Waals surface area contributed by atoms with E-state index in [1.807, 2.05) is 13.8 Å². The van der Waals surface area contributed by atoms with E-state index in [0.29, 0.717) is 18.4 Å².